The van der Waals surface area contributed by atoms with Crippen molar-refractivity contribution in [2.24, 2.45) is 5.92 Å². The molecule has 1 aliphatic heterocycles. The monoisotopic (exact) mass is 298 g/mol. The predicted octanol–water partition coefficient (Wildman–Crippen LogP) is 2.06. The van der Waals surface area contributed by atoms with E-state index in [1.165, 1.54) is 5.06 Å². The van der Waals surface area contributed by atoms with Crippen LogP contribution in [0.3, 0.4) is 0 Å². The highest BCUT2D eigenvalue weighted by atomic mass is 16.7. The van der Waals surface area contributed by atoms with Crippen LogP contribution in [0.15, 0.2) is 36.5 Å². The standard InChI is InChI=1S/C16H18N4O2/c1-22-20-15(21)9-12-7-8-14(16(12)20)19-10-13(17-18-19)11-5-3-2-4-6-11/h2-6,10,12,14,16H,7-9H2,1H3/t12-,14+,16+/m1/s1. The maximum atomic E-state index is 12.0. The van der Waals surface area contributed by atoms with E-state index in [0.29, 0.717) is 12.3 Å². The molecule has 2 heterocycles. The Morgan fingerprint density at radius 1 is 1.23 bits per heavy atom. The number of carbonyl (C=O) groups excluding carboxylic acids is 1. The predicted molar refractivity (Wildman–Crippen MR) is 79.5 cm³/mol. The summed E-state index contributed by atoms with van der Waals surface area (Å²) < 4.78 is 1.90. The zero-order chi connectivity index (χ0) is 15.1. The molecular weight excluding hydrogens is 280 g/mol. The number of nitrogens with zero attached hydrogens (tertiary/aromatic N) is 4. The highest BCUT2D eigenvalue weighted by Gasteiger charge is 2.50. The van der Waals surface area contributed by atoms with Gasteiger partial charge in [-0.3, -0.25) is 9.63 Å². The number of rotatable bonds is 3. The summed E-state index contributed by atoms with van der Waals surface area (Å²) in [4.78, 5) is 17.3. The van der Waals surface area contributed by atoms with Gasteiger partial charge in [0.15, 0.2) is 0 Å². The molecule has 0 unspecified atom stereocenters. The van der Waals surface area contributed by atoms with Crippen LogP contribution in [0.2, 0.25) is 0 Å². The fourth-order valence-electron chi connectivity index (χ4n) is 3.78. The van der Waals surface area contributed by atoms with Crippen LogP contribution in [0, 0.1) is 5.92 Å². The van der Waals surface area contributed by atoms with Crippen molar-refractivity contribution in [2.75, 3.05) is 7.11 Å². The summed E-state index contributed by atoms with van der Waals surface area (Å²) >= 11 is 0. The average molecular weight is 298 g/mol. The fourth-order valence-corrected chi connectivity index (χ4v) is 3.78. The molecular formula is C16H18N4O2. The summed E-state index contributed by atoms with van der Waals surface area (Å²) in [7, 11) is 1.56. The van der Waals surface area contributed by atoms with E-state index in [2.05, 4.69) is 10.3 Å². The molecule has 3 atom stereocenters. The third kappa shape index (κ3) is 2.02. The highest BCUT2D eigenvalue weighted by molar-refractivity contribution is 5.78. The molecule has 1 saturated heterocycles. The molecule has 1 aromatic heterocycles. The maximum absolute atomic E-state index is 12.0. The van der Waals surface area contributed by atoms with E-state index in [0.717, 1.165) is 24.1 Å². The van der Waals surface area contributed by atoms with E-state index in [1.807, 2.05) is 41.2 Å². The summed E-state index contributed by atoms with van der Waals surface area (Å²) in [5.74, 6) is 0.437. The van der Waals surface area contributed by atoms with E-state index in [9.17, 15) is 4.79 Å². The van der Waals surface area contributed by atoms with Crippen LogP contribution in [0.5, 0.6) is 0 Å². The first-order valence-electron chi connectivity index (χ1n) is 7.61. The number of benzene rings is 1. The lowest BCUT2D eigenvalue weighted by Crippen LogP contribution is -2.38. The Bertz CT molecular complexity index is 684. The minimum Gasteiger partial charge on any atom is -0.274 e. The largest absolute Gasteiger partial charge is 0.274 e. The van der Waals surface area contributed by atoms with Crippen LogP contribution >= 0.6 is 0 Å². The molecule has 0 radical (unpaired) electrons. The number of aromatic nitrogens is 3. The second-order valence-electron chi connectivity index (χ2n) is 5.95. The molecule has 4 rings (SSSR count). The van der Waals surface area contributed by atoms with Gasteiger partial charge >= 0.3 is 0 Å². The molecule has 6 nitrogen and oxygen atoms in total. The molecule has 2 aliphatic rings. The van der Waals surface area contributed by atoms with E-state index in [-0.39, 0.29) is 18.0 Å². The van der Waals surface area contributed by atoms with Gasteiger partial charge < -0.3 is 0 Å². The van der Waals surface area contributed by atoms with Crippen LogP contribution in [-0.2, 0) is 9.63 Å². The summed E-state index contributed by atoms with van der Waals surface area (Å²) in [5.41, 5.74) is 1.91. The summed E-state index contributed by atoms with van der Waals surface area (Å²) in [6, 6.07) is 10.2. The topological polar surface area (TPSA) is 60.2 Å². The lowest BCUT2D eigenvalue weighted by molar-refractivity contribution is -0.181. The van der Waals surface area contributed by atoms with Gasteiger partial charge in [0, 0.05) is 12.0 Å². The molecule has 0 bridgehead atoms. The van der Waals surface area contributed by atoms with Crippen LogP contribution < -0.4 is 0 Å². The maximum Gasteiger partial charge on any atom is 0.246 e. The Morgan fingerprint density at radius 2 is 2.05 bits per heavy atom. The Kier molecular flexibility index (Phi) is 3.18. The molecule has 1 amide bonds. The minimum atomic E-state index is 0.0721. The first kappa shape index (κ1) is 13.5. The van der Waals surface area contributed by atoms with Gasteiger partial charge in [0.05, 0.1) is 25.4 Å². The summed E-state index contributed by atoms with van der Waals surface area (Å²) in [6.07, 6.45) is 4.58. The Labute approximate surface area is 128 Å². The van der Waals surface area contributed by atoms with E-state index in [1.54, 1.807) is 7.11 Å². The SMILES string of the molecule is CON1C(=O)C[C@H]2CC[C@H](n3cc(-c4ccccc4)nn3)[C@H]21. The smallest absolute Gasteiger partial charge is 0.246 e. The van der Waals surface area contributed by atoms with E-state index in [4.69, 9.17) is 4.84 Å². The van der Waals surface area contributed by atoms with Crippen LogP contribution in [0.1, 0.15) is 25.3 Å². The molecule has 22 heavy (non-hydrogen) atoms. The van der Waals surface area contributed by atoms with Gasteiger partial charge in [-0.2, -0.15) is 0 Å². The molecule has 0 N–H and O–H groups in total. The van der Waals surface area contributed by atoms with E-state index >= 15 is 0 Å². The van der Waals surface area contributed by atoms with Gasteiger partial charge in [-0.15, -0.1) is 5.10 Å². The second kappa shape index (κ2) is 5.21. The lowest BCUT2D eigenvalue weighted by atomic mass is 10.0. The van der Waals surface area contributed by atoms with E-state index < -0.39 is 0 Å². The van der Waals surface area contributed by atoms with Gasteiger partial charge in [-0.25, -0.2) is 9.75 Å². The molecule has 0 spiro atoms. The van der Waals surface area contributed by atoms with Crippen molar-refractivity contribution in [1.82, 2.24) is 20.1 Å². The van der Waals surface area contributed by atoms with Crippen molar-refractivity contribution < 1.29 is 9.63 Å². The third-order valence-corrected chi connectivity index (χ3v) is 4.78. The first-order chi connectivity index (χ1) is 10.8. The molecule has 1 saturated carbocycles. The number of amides is 1. The zero-order valence-electron chi connectivity index (χ0n) is 12.4. The van der Waals surface area contributed by atoms with Crippen molar-refractivity contribution in [3.63, 3.8) is 0 Å². The molecule has 114 valence electrons. The molecule has 1 aromatic carbocycles. The molecule has 6 heteroatoms. The lowest BCUT2D eigenvalue weighted by Gasteiger charge is -2.26. The molecule has 1 aliphatic carbocycles. The fraction of sp³-hybridized carbons (Fsp3) is 0.438. The number of fused-ring (bicyclic) bond motifs is 1. The summed E-state index contributed by atoms with van der Waals surface area (Å²) in [6.45, 7) is 0. The zero-order valence-corrected chi connectivity index (χ0v) is 12.4. The van der Waals surface area contributed by atoms with Crippen molar-refractivity contribution in [3.05, 3.63) is 36.5 Å². The second-order valence-corrected chi connectivity index (χ2v) is 5.95. The number of hydrogen-bond donors (Lipinski definition) is 0. The highest BCUT2D eigenvalue weighted by Crippen LogP contribution is 2.44. The Balaban J connectivity index is 1.63. The number of hydroxylamine groups is 2. The summed E-state index contributed by atoms with van der Waals surface area (Å²) in [5, 5.41) is 10.1. The van der Waals surface area contributed by atoms with Crippen LogP contribution in [0.4, 0.5) is 0 Å². The van der Waals surface area contributed by atoms with Crippen molar-refractivity contribution >= 4 is 5.91 Å². The van der Waals surface area contributed by atoms with Crippen LogP contribution in [-0.4, -0.2) is 39.1 Å². The third-order valence-electron chi connectivity index (χ3n) is 4.78. The van der Waals surface area contributed by atoms with Crippen molar-refractivity contribution in [3.8, 4) is 11.3 Å². The molecule has 2 fully saturated rings. The van der Waals surface area contributed by atoms with Gasteiger partial charge in [0.1, 0.15) is 5.69 Å². The molecule has 2 aromatic rings. The van der Waals surface area contributed by atoms with Gasteiger partial charge in [0.25, 0.3) is 0 Å². The van der Waals surface area contributed by atoms with Gasteiger partial charge in [0.2, 0.25) is 5.91 Å². The Hall–Kier alpha value is -2.21. The van der Waals surface area contributed by atoms with Crippen molar-refractivity contribution in [2.45, 2.75) is 31.3 Å². The first-order valence-corrected chi connectivity index (χ1v) is 7.61. The van der Waals surface area contributed by atoms with Gasteiger partial charge in [-0.05, 0) is 18.8 Å². The number of hydrogen-bond acceptors (Lipinski definition) is 4. The normalized spacial score (nSPS) is 27.4. The Morgan fingerprint density at radius 3 is 2.82 bits per heavy atom. The minimum absolute atomic E-state index is 0.0721. The average Bonchev–Trinajstić information content (AvgIpc) is 3.22. The quantitative estimate of drug-likeness (QED) is 0.870. The van der Waals surface area contributed by atoms with Gasteiger partial charge in [-0.1, -0.05) is 35.5 Å². The van der Waals surface area contributed by atoms with Crippen LogP contribution in [0.25, 0.3) is 11.3 Å². The number of carbonyl (C=O) groups is 1. The van der Waals surface area contributed by atoms with Crippen molar-refractivity contribution in [1.29, 1.82) is 0 Å².